The summed E-state index contributed by atoms with van der Waals surface area (Å²) in [4.78, 5) is 11.5. The minimum Gasteiger partial charge on any atom is -0.465 e. The third-order valence-electron chi connectivity index (χ3n) is 2.78. The van der Waals surface area contributed by atoms with Crippen molar-refractivity contribution < 1.29 is 9.53 Å². The maximum Gasteiger partial charge on any atom is 0.323 e. The molecule has 1 atom stereocenters. The lowest BCUT2D eigenvalue weighted by atomic mass is 10.1. The second-order valence-corrected chi connectivity index (χ2v) is 4.18. The molecular formula is C13H27NO2. The highest BCUT2D eigenvalue weighted by molar-refractivity contribution is 5.75. The lowest BCUT2D eigenvalue weighted by Crippen LogP contribution is -2.34. The number of ether oxygens (including phenoxy) is 1. The molecule has 0 bridgehead atoms. The minimum absolute atomic E-state index is 0.112. The van der Waals surface area contributed by atoms with Crippen LogP contribution in [0, 0.1) is 0 Å². The van der Waals surface area contributed by atoms with E-state index in [1.165, 1.54) is 32.1 Å². The molecule has 3 heteroatoms. The van der Waals surface area contributed by atoms with E-state index in [-0.39, 0.29) is 12.0 Å². The predicted molar refractivity (Wildman–Crippen MR) is 67.5 cm³/mol. The first-order valence-electron chi connectivity index (χ1n) is 6.60. The molecule has 0 aromatic carbocycles. The Bertz CT molecular complexity index is 167. The number of hydrogen-bond donors (Lipinski definition) is 1. The molecule has 0 aromatic rings. The molecule has 0 saturated carbocycles. The maximum absolute atomic E-state index is 11.5. The fraction of sp³-hybridized carbons (Fsp3) is 0.923. The van der Waals surface area contributed by atoms with Crippen molar-refractivity contribution in [3.05, 3.63) is 0 Å². The predicted octanol–water partition coefficient (Wildman–Crippen LogP) is 2.89. The highest BCUT2D eigenvalue weighted by Crippen LogP contribution is 2.05. The zero-order valence-electron chi connectivity index (χ0n) is 11.1. The zero-order valence-corrected chi connectivity index (χ0v) is 11.1. The molecule has 0 aliphatic rings. The summed E-state index contributed by atoms with van der Waals surface area (Å²) in [5, 5.41) is 2.95. The summed E-state index contributed by atoms with van der Waals surface area (Å²) in [6.45, 7) is 4.76. The van der Waals surface area contributed by atoms with Gasteiger partial charge in [-0.25, -0.2) is 0 Å². The van der Waals surface area contributed by atoms with Gasteiger partial charge in [-0.3, -0.25) is 4.79 Å². The van der Waals surface area contributed by atoms with Gasteiger partial charge in [0.1, 0.15) is 6.04 Å². The van der Waals surface area contributed by atoms with Crippen LogP contribution >= 0.6 is 0 Å². The lowest BCUT2D eigenvalue weighted by Gasteiger charge is -2.12. The van der Waals surface area contributed by atoms with Crippen molar-refractivity contribution in [3.8, 4) is 0 Å². The molecule has 0 fully saturated rings. The fourth-order valence-electron chi connectivity index (χ4n) is 1.64. The molecule has 96 valence electrons. The molecule has 1 unspecified atom stereocenters. The number of carbonyl (C=O) groups is 1. The van der Waals surface area contributed by atoms with Gasteiger partial charge in [0.05, 0.1) is 6.61 Å². The van der Waals surface area contributed by atoms with Crippen LogP contribution in [0.3, 0.4) is 0 Å². The molecule has 0 heterocycles. The summed E-state index contributed by atoms with van der Waals surface area (Å²) in [6, 6.07) is -0.139. The Morgan fingerprint density at radius 3 is 2.31 bits per heavy atom. The smallest absolute Gasteiger partial charge is 0.323 e. The number of likely N-dealkylation sites (N-methyl/N-ethyl adjacent to an activating group) is 1. The van der Waals surface area contributed by atoms with Crippen LogP contribution in [-0.2, 0) is 9.53 Å². The van der Waals surface area contributed by atoms with E-state index in [0.717, 1.165) is 12.8 Å². The Labute approximate surface area is 99.9 Å². The summed E-state index contributed by atoms with van der Waals surface area (Å²) < 4.78 is 5.19. The van der Waals surface area contributed by atoms with E-state index in [9.17, 15) is 4.79 Å². The number of hydrogen-bond acceptors (Lipinski definition) is 3. The van der Waals surface area contributed by atoms with Gasteiger partial charge < -0.3 is 10.1 Å². The van der Waals surface area contributed by atoms with Gasteiger partial charge in [-0.05, 0) is 19.9 Å². The largest absolute Gasteiger partial charge is 0.465 e. The third kappa shape index (κ3) is 7.69. The van der Waals surface area contributed by atoms with Crippen LogP contribution in [0.15, 0.2) is 0 Å². The van der Waals surface area contributed by atoms with Crippen molar-refractivity contribution in [3.63, 3.8) is 0 Å². The summed E-state index contributed by atoms with van der Waals surface area (Å²) in [5.74, 6) is -0.112. The minimum atomic E-state index is -0.139. The van der Waals surface area contributed by atoms with Crippen LogP contribution in [0.25, 0.3) is 0 Å². The molecule has 0 radical (unpaired) electrons. The summed E-state index contributed by atoms with van der Waals surface area (Å²) in [5.41, 5.74) is 0. The molecule has 1 N–H and O–H groups in total. The molecular weight excluding hydrogens is 202 g/mol. The first-order chi connectivity index (χ1) is 7.76. The molecule has 0 aromatic heterocycles. The molecule has 0 aliphatic heterocycles. The molecule has 0 rings (SSSR count). The second kappa shape index (κ2) is 10.9. The van der Waals surface area contributed by atoms with Crippen LogP contribution in [0.1, 0.15) is 58.8 Å². The van der Waals surface area contributed by atoms with Gasteiger partial charge in [0.15, 0.2) is 0 Å². The van der Waals surface area contributed by atoms with Crippen LogP contribution < -0.4 is 5.32 Å². The second-order valence-electron chi connectivity index (χ2n) is 4.18. The number of esters is 1. The topological polar surface area (TPSA) is 38.3 Å². The van der Waals surface area contributed by atoms with E-state index in [0.29, 0.717) is 6.61 Å². The van der Waals surface area contributed by atoms with Crippen LogP contribution in [-0.4, -0.2) is 25.7 Å². The summed E-state index contributed by atoms with van der Waals surface area (Å²) in [7, 11) is 1.79. The van der Waals surface area contributed by atoms with Gasteiger partial charge in [0, 0.05) is 0 Å². The van der Waals surface area contributed by atoms with Crippen molar-refractivity contribution in [2.75, 3.05) is 13.7 Å². The van der Waals surface area contributed by atoms with E-state index in [2.05, 4.69) is 12.2 Å². The van der Waals surface area contributed by atoms with Gasteiger partial charge >= 0.3 is 5.97 Å². The Morgan fingerprint density at radius 2 is 1.75 bits per heavy atom. The van der Waals surface area contributed by atoms with E-state index < -0.39 is 0 Å². The van der Waals surface area contributed by atoms with Crippen molar-refractivity contribution in [1.82, 2.24) is 5.32 Å². The van der Waals surface area contributed by atoms with Crippen molar-refractivity contribution in [2.24, 2.45) is 0 Å². The van der Waals surface area contributed by atoms with Crippen LogP contribution in [0.4, 0.5) is 0 Å². The SMILES string of the molecule is CCCCCCCCOC(=O)C(CC)NC. The van der Waals surface area contributed by atoms with Gasteiger partial charge in [0.2, 0.25) is 0 Å². The number of rotatable bonds is 10. The first kappa shape index (κ1) is 15.4. The van der Waals surface area contributed by atoms with Crippen LogP contribution in [0.5, 0.6) is 0 Å². The number of carbonyl (C=O) groups excluding carboxylic acids is 1. The van der Waals surface area contributed by atoms with Crippen molar-refractivity contribution >= 4 is 5.97 Å². The first-order valence-corrected chi connectivity index (χ1v) is 6.60. The van der Waals surface area contributed by atoms with Crippen LogP contribution in [0.2, 0.25) is 0 Å². The molecule has 0 spiro atoms. The Balaban J connectivity index is 3.33. The van der Waals surface area contributed by atoms with Gasteiger partial charge in [0.25, 0.3) is 0 Å². The Morgan fingerprint density at radius 1 is 1.12 bits per heavy atom. The summed E-state index contributed by atoms with van der Waals surface area (Å²) >= 11 is 0. The third-order valence-corrected chi connectivity index (χ3v) is 2.78. The standard InChI is InChI=1S/C13H27NO2/c1-4-6-7-8-9-10-11-16-13(15)12(5-2)14-3/h12,14H,4-11H2,1-3H3. The zero-order chi connectivity index (χ0) is 12.2. The molecule has 0 amide bonds. The number of unbranched alkanes of at least 4 members (excludes halogenated alkanes) is 5. The highest BCUT2D eigenvalue weighted by atomic mass is 16.5. The molecule has 0 saturated heterocycles. The van der Waals surface area contributed by atoms with E-state index in [4.69, 9.17) is 4.74 Å². The maximum atomic E-state index is 11.5. The Kier molecular flexibility index (Phi) is 10.5. The number of nitrogens with one attached hydrogen (secondary N) is 1. The monoisotopic (exact) mass is 229 g/mol. The van der Waals surface area contributed by atoms with Gasteiger partial charge in [-0.15, -0.1) is 0 Å². The normalized spacial score (nSPS) is 12.4. The Hall–Kier alpha value is -0.570. The van der Waals surface area contributed by atoms with E-state index in [1.807, 2.05) is 6.92 Å². The van der Waals surface area contributed by atoms with Crippen molar-refractivity contribution in [1.29, 1.82) is 0 Å². The average molecular weight is 229 g/mol. The quantitative estimate of drug-likeness (QED) is 0.462. The lowest BCUT2D eigenvalue weighted by molar-refractivity contribution is -0.146. The highest BCUT2D eigenvalue weighted by Gasteiger charge is 2.14. The average Bonchev–Trinajstić information content (AvgIpc) is 2.29. The van der Waals surface area contributed by atoms with E-state index in [1.54, 1.807) is 7.05 Å². The fourth-order valence-corrected chi connectivity index (χ4v) is 1.64. The molecule has 3 nitrogen and oxygen atoms in total. The van der Waals surface area contributed by atoms with Gasteiger partial charge in [-0.1, -0.05) is 46.0 Å². The van der Waals surface area contributed by atoms with Crippen molar-refractivity contribution in [2.45, 2.75) is 64.8 Å². The van der Waals surface area contributed by atoms with E-state index >= 15 is 0 Å². The summed E-state index contributed by atoms with van der Waals surface area (Å²) in [6.07, 6.45) is 8.10. The molecule has 16 heavy (non-hydrogen) atoms. The molecule has 0 aliphatic carbocycles. The van der Waals surface area contributed by atoms with Gasteiger partial charge in [-0.2, -0.15) is 0 Å².